The van der Waals surface area contributed by atoms with Gasteiger partial charge in [0.25, 0.3) is 0 Å². The molecule has 1 aromatic rings. The maximum atomic E-state index is 12.8. The van der Waals surface area contributed by atoms with Crippen LogP contribution in [0.1, 0.15) is 56.9 Å². The molecular weight excluding hydrogens is 412 g/mol. The largest absolute Gasteiger partial charge is 0.465 e. The maximum Gasteiger partial charge on any atom is 0.405 e. The lowest BCUT2D eigenvalue weighted by Gasteiger charge is -2.32. The molecule has 2 N–H and O–H groups in total. The van der Waals surface area contributed by atoms with E-state index in [0.717, 1.165) is 37.7 Å². The van der Waals surface area contributed by atoms with Gasteiger partial charge in [-0.25, -0.2) is 17.5 Å². The van der Waals surface area contributed by atoms with E-state index in [1.807, 2.05) is 24.3 Å². The molecular formula is C21H29ClN2O4S. The molecule has 1 heterocycles. The Morgan fingerprint density at radius 1 is 1.28 bits per heavy atom. The van der Waals surface area contributed by atoms with Gasteiger partial charge in [0, 0.05) is 24.5 Å². The third-order valence-corrected chi connectivity index (χ3v) is 7.20. The number of carbonyl (C=O) groups is 1. The summed E-state index contributed by atoms with van der Waals surface area (Å²) in [5.41, 5.74) is 1.16. The van der Waals surface area contributed by atoms with Gasteiger partial charge >= 0.3 is 6.09 Å². The number of amides is 1. The maximum absolute atomic E-state index is 12.8. The van der Waals surface area contributed by atoms with E-state index in [1.54, 1.807) is 0 Å². The van der Waals surface area contributed by atoms with Gasteiger partial charge in [0.15, 0.2) is 0 Å². The molecule has 1 saturated heterocycles. The SMILES string of the molecule is CCCCCC#CC(CS(=O)(=O)N1CCC(c2ccc(Cl)cc2)CC1)NC(=O)O. The highest BCUT2D eigenvalue weighted by molar-refractivity contribution is 7.89. The predicted octanol–water partition coefficient (Wildman–Crippen LogP) is 4.07. The van der Waals surface area contributed by atoms with Crippen LogP contribution < -0.4 is 5.32 Å². The number of hydrogen-bond donors (Lipinski definition) is 2. The van der Waals surface area contributed by atoms with Crippen LogP contribution in [-0.2, 0) is 10.0 Å². The summed E-state index contributed by atoms with van der Waals surface area (Å²) in [7, 11) is -3.60. The minimum atomic E-state index is -3.60. The topological polar surface area (TPSA) is 86.7 Å². The van der Waals surface area contributed by atoms with Crippen molar-refractivity contribution in [1.82, 2.24) is 9.62 Å². The smallest absolute Gasteiger partial charge is 0.405 e. The Hall–Kier alpha value is -1.75. The highest BCUT2D eigenvalue weighted by atomic mass is 35.5. The minimum Gasteiger partial charge on any atom is -0.465 e. The van der Waals surface area contributed by atoms with Gasteiger partial charge in [-0.15, -0.1) is 5.92 Å². The van der Waals surface area contributed by atoms with Crippen LogP contribution in [0.2, 0.25) is 5.02 Å². The Morgan fingerprint density at radius 3 is 2.52 bits per heavy atom. The molecule has 0 saturated carbocycles. The first-order valence-corrected chi connectivity index (χ1v) is 12.0. The van der Waals surface area contributed by atoms with Crippen LogP contribution in [0, 0.1) is 11.8 Å². The molecule has 0 bridgehead atoms. The van der Waals surface area contributed by atoms with Crippen molar-refractivity contribution in [2.75, 3.05) is 18.8 Å². The van der Waals surface area contributed by atoms with Gasteiger partial charge in [-0.2, -0.15) is 0 Å². The van der Waals surface area contributed by atoms with Crippen molar-refractivity contribution in [2.24, 2.45) is 0 Å². The van der Waals surface area contributed by atoms with Crippen molar-refractivity contribution < 1.29 is 18.3 Å². The fraction of sp³-hybridized carbons (Fsp3) is 0.571. The fourth-order valence-corrected chi connectivity index (χ4v) is 5.14. The summed E-state index contributed by atoms with van der Waals surface area (Å²) >= 11 is 5.93. The average molecular weight is 441 g/mol. The molecule has 1 fully saturated rings. The molecule has 1 amide bonds. The van der Waals surface area contributed by atoms with E-state index in [0.29, 0.717) is 30.5 Å². The van der Waals surface area contributed by atoms with Crippen molar-refractivity contribution in [3.05, 3.63) is 34.9 Å². The number of nitrogens with zero attached hydrogens (tertiary/aromatic N) is 1. The predicted molar refractivity (Wildman–Crippen MR) is 116 cm³/mol. The molecule has 0 spiro atoms. The Morgan fingerprint density at radius 2 is 1.93 bits per heavy atom. The summed E-state index contributed by atoms with van der Waals surface area (Å²) in [6, 6.07) is 6.74. The van der Waals surface area contributed by atoms with Gasteiger partial charge in [-0.1, -0.05) is 49.4 Å². The summed E-state index contributed by atoms with van der Waals surface area (Å²) in [5.74, 6) is 5.65. The summed E-state index contributed by atoms with van der Waals surface area (Å²) in [6.07, 6.45) is 3.86. The normalized spacial score (nSPS) is 16.6. The van der Waals surface area contributed by atoms with E-state index in [-0.39, 0.29) is 5.75 Å². The van der Waals surface area contributed by atoms with Crippen LogP contribution in [0.25, 0.3) is 0 Å². The zero-order valence-corrected chi connectivity index (χ0v) is 18.3. The molecule has 8 heteroatoms. The molecule has 1 unspecified atom stereocenters. The van der Waals surface area contributed by atoms with Gasteiger partial charge in [0.05, 0.1) is 5.75 Å². The van der Waals surface area contributed by atoms with E-state index >= 15 is 0 Å². The lowest BCUT2D eigenvalue weighted by Crippen LogP contribution is -2.45. The molecule has 0 aromatic heterocycles. The molecule has 0 aliphatic carbocycles. The summed E-state index contributed by atoms with van der Waals surface area (Å²) in [5, 5.41) is 11.9. The first-order valence-electron chi connectivity index (χ1n) is 10.0. The van der Waals surface area contributed by atoms with Crippen LogP contribution >= 0.6 is 11.6 Å². The molecule has 2 rings (SSSR count). The van der Waals surface area contributed by atoms with Gasteiger partial charge in [-0.05, 0) is 42.9 Å². The molecule has 29 heavy (non-hydrogen) atoms. The van der Waals surface area contributed by atoms with Crippen LogP contribution in [0.5, 0.6) is 0 Å². The van der Waals surface area contributed by atoms with Crippen molar-refractivity contribution in [3.8, 4) is 11.8 Å². The first kappa shape index (κ1) is 23.5. The van der Waals surface area contributed by atoms with Crippen LogP contribution in [-0.4, -0.2) is 48.8 Å². The lowest BCUT2D eigenvalue weighted by molar-refractivity contribution is 0.193. The Balaban J connectivity index is 1.95. The van der Waals surface area contributed by atoms with Gasteiger partial charge in [-0.3, -0.25) is 0 Å². The van der Waals surface area contributed by atoms with Crippen LogP contribution in [0.3, 0.4) is 0 Å². The zero-order valence-electron chi connectivity index (χ0n) is 16.7. The molecule has 1 aliphatic heterocycles. The number of sulfonamides is 1. The standard InChI is InChI=1S/C21H29ClN2O4S/c1-2-3-4-5-6-7-20(23-21(25)26)16-29(27,28)24-14-12-18(13-15-24)17-8-10-19(22)11-9-17/h8-11,18,20,23H,2-5,12-16H2,1H3,(H,25,26). The first-order chi connectivity index (χ1) is 13.8. The third-order valence-electron chi connectivity index (χ3n) is 5.05. The van der Waals surface area contributed by atoms with Crippen LogP contribution in [0.4, 0.5) is 4.79 Å². The number of nitrogens with one attached hydrogen (secondary N) is 1. The summed E-state index contributed by atoms with van der Waals surface area (Å²) in [6.45, 7) is 2.92. The van der Waals surface area contributed by atoms with Crippen molar-refractivity contribution in [1.29, 1.82) is 0 Å². The number of hydrogen-bond acceptors (Lipinski definition) is 3. The van der Waals surface area contributed by atoms with Crippen molar-refractivity contribution >= 4 is 27.7 Å². The van der Waals surface area contributed by atoms with Gasteiger partial charge in [0.2, 0.25) is 10.0 Å². The van der Waals surface area contributed by atoms with Crippen molar-refractivity contribution in [3.63, 3.8) is 0 Å². The average Bonchev–Trinajstić information content (AvgIpc) is 2.68. The monoisotopic (exact) mass is 440 g/mol. The van der Waals surface area contributed by atoms with E-state index in [2.05, 4.69) is 24.1 Å². The zero-order chi connectivity index (χ0) is 21.3. The second kappa shape index (κ2) is 11.4. The second-order valence-corrected chi connectivity index (χ2v) is 9.73. The molecule has 1 atom stereocenters. The van der Waals surface area contributed by atoms with Gasteiger partial charge < -0.3 is 10.4 Å². The molecule has 1 aromatic carbocycles. The highest BCUT2D eigenvalue weighted by Gasteiger charge is 2.30. The van der Waals surface area contributed by atoms with Crippen molar-refractivity contribution in [2.45, 2.75) is 57.4 Å². The Labute approximate surface area is 178 Å². The number of carboxylic acid groups (broad SMARTS) is 1. The number of benzene rings is 1. The second-order valence-electron chi connectivity index (χ2n) is 7.28. The van der Waals surface area contributed by atoms with E-state index in [9.17, 15) is 13.2 Å². The van der Waals surface area contributed by atoms with E-state index in [4.69, 9.17) is 16.7 Å². The molecule has 1 aliphatic rings. The van der Waals surface area contributed by atoms with E-state index in [1.165, 1.54) is 4.31 Å². The number of halogens is 1. The van der Waals surface area contributed by atoms with E-state index < -0.39 is 22.2 Å². The highest BCUT2D eigenvalue weighted by Crippen LogP contribution is 2.30. The number of piperidine rings is 1. The van der Waals surface area contributed by atoms with Crippen LogP contribution in [0.15, 0.2) is 24.3 Å². The number of unbranched alkanes of at least 4 members (excludes halogenated alkanes) is 3. The third kappa shape index (κ3) is 7.88. The fourth-order valence-electron chi connectivity index (χ4n) is 3.45. The lowest BCUT2D eigenvalue weighted by atomic mass is 9.90. The molecule has 6 nitrogen and oxygen atoms in total. The quantitative estimate of drug-likeness (QED) is 0.471. The molecule has 0 radical (unpaired) electrons. The summed E-state index contributed by atoms with van der Waals surface area (Å²) in [4.78, 5) is 11.0. The minimum absolute atomic E-state index is 0.296. The van der Waals surface area contributed by atoms with Gasteiger partial charge in [0.1, 0.15) is 6.04 Å². The molecule has 160 valence electrons. The Kier molecular flexibility index (Phi) is 9.28. The number of rotatable bonds is 8. The Bertz CT molecular complexity index is 822. The summed E-state index contributed by atoms with van der Waals surface area (Å²) < 4.78 is 27.1.